The molecule has 0 aromatic heterocycles. The number of allylic oxidation sites excluding steroid dienone is 3. The van der Waals surface area contributed by atoms with Crippen molar-refractivity contribution in [2.45, 2.75) is 51.3 Å². The molecule has 6 N–H and O–H groups in total. The number of rotatable bonds is 7. The molecule has 1 fully saturated rings. The molecule has 2 aromatic carbocycles. The molecule has 39 heavy (non-hydrogen) atoms. The lowest BCUT2D eigenvalue weighted by molar-refractivity contribution is -0.242. The molecule has 11 nitrogen and oxygen atoms in total. The number of ketones is 1. The molecule has 0 radical (unpaired) electrons. The quantitative estimate of drug-likeness (QED) is 0.282. The molecule has 208 valence electrons. The van der Waals surface area contributed by atoms with E-state index >= 15 is 0 Å². The normalized spacial score (nSPS) is 22.7. The number of carbonyl (C=O) groups is 2. The maximum atomic E-state index is 13.0. The summed E-state index contributed by atoms with van der Waals surface area (Å²) in [6.45, 7) is 3.57. The molecule has 1 amide bonds. The number of aromatic hydroxyl groups is 1. The summed E-state index contributed by atoms with van der Waals surface area (Å²) >= 11 is 0. The molecule has 0 spiro atoms. The molecule has 2 aliphatic rings. The van der Waals surface area contributed by atoms with Gasteiger partial charge >= 0.3 is 0 Å². The second-order valence-corrected chi connectivity index (χ2v) is 9.60. The summed E-state index contributed by atoms with van der Waals surface area (Å²) < 4.78 is 16.4. The van der Waals surface area contributed by atoms with E-state index in [1.165, 1.54) is 37.4 Å². The van der Waals surface area contributed by atoms with Crippen molar-refractivity contribution in [3.8, 4) is 17.2 Å². The predicted octanol–water partition coefficient (Wildman–Crippen LogP) is 1.51. The number of aliphatic hydroxyl groups is 4. The summed E-state index contributed by atoms with van der Waals surface area (Å²) in [4.78, 5) is 26.0. The Hall–Kier alpha value is -3.90. The van der Waals surface area contributed by atoms with Crippen LogP contribution in [0.2, 0.25) is 0 Å². The van der Waals surface area contributed by atoms with Gasteiger partial charge in [0, 0.05) is 23.1 Å². The van der Waals surface area contributed by atoms with Crippen molar-refractivity contribution < 1.29 is 49.3 Å². The molecule has 1 aliphatic heterocycles. The largest absolute Gasteiger partial charge is 0.508 e. The van der Waals surface area contributed by atoms with Crippen LogP contribution in [0, 0.1) is 0 Å². The van der Waals surface area contributed by atoms with E-state index in [0.29, 0.717) is 12.0 Å². The fraction of sp³-hybridized carbons (Fsp3) is 0.357. The minimum absolute atomic E-state index is 0.0377. The number of ether oxygens (including phenoxy) is 3. The van der Waals surface area contributed by atoms with Crippen LogP contribution in [0.25, 0.3) is 5.76 Å². The number of benzene rings is 2. The highest BCUT2D eigenvalue weighted by Crippen LogP contribution is 2.40. The van der Waals surface area contributed by atoms with Crippen LogP contribution < -0.4 is 14.8 Å². The second-order valence-electron chi connectivity index (χ2n) is 9.60. The maximum Gasteiger partial charge on any atom is 0.255 e. The SMILES string of the molecule is COc1c(OC2OCC(O)C(O)C2O)ccc2c1CC(=O)C(NC(=O)c1ccc(O)c(CC=C(C)C)c1)=C2O. The van der Waals surface area contributed by atoms with E-state index in [4.69, 9.17) is 14.2 Å². The lowest BCUT2D eigenvalue weighted by atomic mass is 9.91. The number of aliphatic hydroxyl groups excluding tert-OH is 4. The van der Waals surface area contributed by atoms with Crippen LogP contribution in [-0.2, 0) is 22.4 Å². The van der Waals surface area contributed by atoms with Gasteiger partial charge in [0.15, 0.2) is 17.3 Å². The Morgan fingerprint density at radius 2 is 1.87 bits per heavy atom. The minimum Gasteiger partial charge on any atom is -0.508 e. The molecule has 4 rings (SSSR count). The number of methoxy groups -OCH3 is 1. The molecule has 0 bridgehead atoms. The molecule has 1 saturated heterocycles. The van der Waals surface area contributed by atoms with E-state index in [2.05, 4.69) is 5.32 Å². The van der Waals surface area contributed by atoms with Gasteiger partial charge in [0.25, 0.3) is 5.91 Å². The number of phenolic OH excluding ortho intramolecular Hbond substituents is 1. The number of phenols is 1. The zero-order valence-corrected chi connectivity index (χ0v) is 21.7. The van der Waals surface area contributed by atoms with Crippen LogP contribution in [0.4, 0.5) is 0 Å². The standard InChI is InChI=1S/C28H31NO10/c1-13(2)4-5-14-10-15(6-8-18(14)30)27(36)29-22-19(31)11-17-16(23(22)33)7-9-21(26(17)37-3)39-28-25(35)24(34)20(32)12-38-28/h4,6-10,20,24-25,28,30,32-35H,5,11-12H2,1-3H3,(H,29,36). The number of hydrogen-bond acceptors (Lipinski definition) is 10. The first kappa shape index (κ1) is 28.1. The van der Waals surface area contributed by atoms with E-state index in [0.717, 1.165) is 5.57 Å². The number of hydrogen-bond donors (Lipinski definition) is 6. The van der Waals surface area contributed by atoms with Gasteiger partial charge in [-0.05, 0) is 56.2 Å². The third-order valence-electron chi connectivity index (χ3n) is 6.54. The number of nitrogens with one attached hydrogen (secondary N) is 1. The van der Waals surface area contributed by atoms with Crippen molar-refractivity contribution in [2.75, 3.05) is 13.7 Å². The summed E-state index contributed by atoms with van der Waals surface area (Å²) in [7, 11) is 1.33. The Kier molecular flexibility index (Phi) is 8.26. The van der Waals surface area contributed by atoms with Gasteiger partial charge in [-0.2, -0.15) is 0 Å². The average Bonchev–Trinajstić information content (AvgIpc) is 2.90. The van der Waals surface area contributed by atoms with Crippen molar-refractivity contribution in [1.82, 2.24) is 5.32 Å². The number of amides is 1. The highest BCUT2D eigenvalue weighted by Gasteiger charge is 2.40. The Bertz CT molecular complexity index is 1340. The summed E-state index contributed by atoms with van der Waals surface area (Å²) in [6, 6.07) is 7.22. The third-order valence-corrected chi connectivity index (χ3v) is 6.54. The average molecular weight is 542 g/mol. The summed E-state index contributed by atoms with van der Waals surface area (Å²) in [5.41, 5.74) is 2.01. The van der Waals surface area contributed by atoms with Crippen molar-refractivity contribution in [3.63, 3.8) is 0 Å². The first-order valence-electron chi connectivity index (χ1n) is 12.3. The molecular formula is C28H31NO10. The molecule has 4 unspecified atom stereocenters. The minimum atomic E-state index is -1.55. The number of fused-ring (bicyclic) bond motifs is 1. The van der Waals surface area contributed by atoms with Gasteiger partial charge in [-0.3, -0.25) is 9.59 Å². The van der Waals surface area contributed by atoms with E-state index in [9.17, 15) is 35.1 Å². The van der Waals surface area contributed by atoms with Gasteiger partial charge in [-0.25, -0.2) is 0 Å². The van der Waals surface area contributed by atoms with Crippen LogP contribution in [0.3, 0.4) is 0 Å². The van der Waals surface area contributed by atoms with Gasteiger partial charge in [-0.1, -0.05) is 11.6 Å². The highest BCUT2D eigenvalue weighted by molar-refractivity contribution is 6.10. The molecule has 1 heterocycles. The van der Waals surface area contributed by atoms with Gasteiger partial charge < -0.3 is 45.1 Å². The lowest BCUT2D eigenvalue weighted by Crippen LogP contribution is -2.54. The molecule has 4 atom stereocenters. The van der Waals surface area contributed by atoms with Gasteiger partial charge in [0.05, 0.1) is 13.7 Å². The summed E-state index contributed by atoms with van der Waals surface area (Å²) in [6.07, 6.45) is -3.54. The Morgan fingerprint density at radius 1 is 1.13 bits per heavy atom. The van der Waals surface area contributed by atoms with Crippen LogP contribution in [-0.4, -0.2) is 75.5 Å². The van der Waals surface area contributed by atoms with E-state index in [-0.39, 0.29) is 52.7 Å². The maximum absolute atomic E-state index is 13.0. The summed E-state index contributed by atoms with van der Waals surface area (Å²) in [5.74, 6) is -1.48. The van der Waals surface area contributed by atoms with E-state index in [1.807, 2.05) is 19.9 Å². The van der Waals surface area contributed by atoms with E-state index < -0.39 is 42.1 Å². The van der Waals surface area contributed by atoms with Crippen molar-refractivity contribution in [1.29, 1.82) is 0 Å². The zero-order chi connectivity index (χ0) is 28.4. The zero-order valence-electron chi connectivity index (χ0n) is 21.7. The molecule has 11 heteroatoms. The van der Waals surface area contributed by atoms with Crippen LogP contribution in [0.5, 0.6) is 17.2 Å². The van der Waals surface area contributed by atoms with Crippen molar-refractivity contribution >= 4 is 17.4 Å². The summed E-state index contributed by atoms with van der Waals surface area (Å²) in [5, 5.41) is 53.3. The van der Waals surface area contributed by atoms with Crippen molar-refractivity contribution in [3.05, 3.63) is 69.9 Å². The van der Waals surface area contributed by atoms with Gasteiger partial charge in [0.2, 0.25) is 6.29 Å². The Morgan fingerprint density at radius 3 is 2.56 bits per heavy atom. The highest BCUT2D eigenvalue weighted by atomic mass is 16.7. The van der Waals surface area contributed by atoms with Gasteiger partial charge in [0.1, 0.15) is 35.5 Å². The predicted molar refractivity (Wildman–Crippen MR) is 138 cm³/mol. The Labute approximate surface area is 224 Å². The topological polar surface area (TPSA) is 175 Å². The van der Waals surface area contributed by atoms with Crippen LogP contribution in [0.15, 0.2) is 47.7 Å². The van der Waals surface area contributed by atoms with E-state index in [1.54, 1.807) is 0 Å². The third kappa shape index (κ3) is 5.76. The lowest BCUT2D eigenvalue weighted by Gasteiger charge is -2.35. The van der Waals surface area contributed by atoms with Crippen molar-refractivity contribution in [2.24, 2.45) is 0 Å². The first-order chi connectivity index (χ1) is 18.5. The molecule has 0 saturated carbocycles. The Balaban J connectivity index is 1.60. The first-order valence-corrected chi connectivity index (χ1v) is 12.3. The number of carbonyl (C=O) groups excluding carboxylic acids is 2. The van der Waals surface area contributed by atoms with Crippen LogP contribution >= 0.6 is 0 Å². The molecular weight excluding hydrogens is 510 g/mol. The number of Topliss-reactive ketones (excluding diaryl/α,β-unsaturated/α-hetero) is 1. The monoisotopic (exact) mass is 541 g/mol. The van der Waals surface area contributed by atoms with Gasteiger partial charge in [-0.15, -0.1) is 0 Å². The second kappa shape index (κ2) is 11.5. The fourth-order valence-corrected chi connectivity index (χ4v) is 4.36. The van der Waals surface area contributed by atoms with Crippen LogP contribution in [0.1, 0.15) is 40.9 Å². The fourth-order valence-electron chi connectivity index (χ4n) is 4.36. The smallest absolute Gasteiger partial charge is 0.255 e. The molecule has 2 aromatic rings. The molecule has 1 aliphatic carbocycles.